The van der Waals surface area contributed by atoms with Crippen molar-refractivity contribution < 1.29 is 51.0 Å². The molecular weight excluding hydrogens is 830 g/mol. The molecular formula is C47H96N2O11P2. The van der Waals surface area contributed by atoms with Gasteiger partial charge in [0.2, 0.25) is 0 Å². The number of esters is 2. The normalized spacial score (nSPS) is 17.5. The first-order chi connectivity index (χ1) is 29.2. The van der Waals surface area contributed by atoms with Crippen LogP contribution >= 0.6 is 15.6 Å². The fourth-order valence-electron chi connectivity index (χ4n) is 7.70. The van der Waals surface area contributed by atoms with Gasteiger partial charge in [-0.15, -0.1) is 0 Å². The number of hydrogen-bond acceptors (Lipinski definition) is 12. The topological polar surface area (TPSA) is 196 Å². The highest BCUT2D eigenvalue weighted by atomic mass is 31.3. The Morgan fingerprint density at radius 3 is 1.23 bits per heavy atom. The fourth-order valence-corrected chi connectivity index (χ4v) is 10.4. The van der Waals surface area contributed by atoms with Gasteiger partial charge in [0.05, 0.1) is 19.8 Å². The third-order valence-corrected chi connectivity index (χ3v) is 14.8. The zero-order valence-corrected chi connectivity index (χ0v) is 42.9. The summed E-state index contributed by atoms with van der Waals surface area (Å²) in [6, 6.07) is 0. The quantitative estimate of drug-likeness (QED) is 0.0387. The monoisotopic (exact) mass is 927 g/mol. The third-order valence-electron chi connectivity index (χ3n) is 11.7. The average Bonchev–Trinajstić information content (AvgIpc) is 3.16. The van der Waals surface area contributed by atoms with Crippen LogP contribution in [0.2, 0.25) is 0 Å². The van der Waals surface area contributed by atoms with E-state index in [2.05, 4.69) is 55.4 Å². The summed E-state index contributed by atoms with van der Waals surface area (Å²) in [6.07, 6.45) is 20.3. The minimum absolute atomic E-state index is 0.0359. The van der Waals surface area contributed by atoms with Crippen LogP contribution in [0.1, 0.15) is 198 Å². The smallest absolute Gasteiger partial charge is 0.462 e. The van der Waals surface area contributed by atoms with E-state index in [-0.39, 0.29) is 57.6 Å². The van der Waals surface area contributed by atoms with E-state index < -0.39 is 40.3 Å². The average molecular weight is 927 g/mol. The molecule has 0 aromatic carbocycles. The molecule has 0 fully saturated rings. The summed E-state index contributed by atoms with van der Waals surface area (Å²) in [5, 5.41) is 0. The Labute approximate surface area is 379 Å². The van der Waals surface area contributed by atoms with Crippen LogP contribution in [0.5, 0.6) is 0 Å². The largest absolute Gasteiger partial charge is 0.483 e. The summed E-state index contributed by atoms with van der Waals surface area (Å²) in [5.74, 6) is 3.44. The molecule has 8 unspecified atom stereocenters. The molecule has 0 saturated heterocycles. The Bertz CT molecular complexity index is 1230. The molecule has 62 heavy (non-hydrogen) atoms. The van der Waals surface area contributed by atoms with Crippen molar-refractivity contribution in [1.29, 1.82) is 0 Å². The zero-order chi connectivity index (χ0) is 47.0. The number of carbonyl (C=O) groups is 2. The molecule has 0 rings (SSSR count). The van der Waals surface area contributed by atoms with E-state index in [1.807, 2.05) is 13.8 Å². The Kier molecular flexibility index (Phi) is 35.8. The van der Waals surface area contributed by atoms with Gasteiger partial charge in [0, 0.05) is 25.9 Å². The van der Waals surface area contributed by atoms with E-state index >= 15 is 0 Å². The molecule has 0 bridgehead atoms. The van der Waals surface area contributed by atoms with Gasteiger partial charge in [0.15, 0.2) is 6.10 Å². The highest BCUT2D eigenvalue weighted by Crippen LogP contribution is 2.63. The number of nitrogens with two attached hydrogens (primary N) is 2. The maximum absolute atomic E-state index is 13.4. The standard InChI is InChI=1S/C47H96N2O11P2/c1-37(2)17-11-19-39(5)21-13-23-41(7)25-15-27-43(9)33-46(50)55-35-45(36-58-62(54,57-32-30-49)60-61(52,53)56-31-29-48)59-47(51)34-44(10)28-16-26-42(8)24-14-22-40(6)20-12-18-38(3)4/h37-45H,11-36,48-49H2,1-10H3,(H,52,53)/t39?,40?,41?,42?,43?,44?,45-,62?/m1/s1. The molecule has 5 N–H and O–H groups in total. The fraction of sp³-hybridized carbons (Fsp3) is 0.957. The molecule has 0 aliphatic rings. The molecule has 0 amide bonds. The van der Waals surface area contributed by atoms with Crippen LogP contribution < -0.4 is 11.5 Å². The van der Waals surface area contributed by atoms with Crippen LogP contribution in [0.4, 0.5) is 0 Å². The minimum Gasteiger partial charge on any atom is -0.462 e. The number of phosphoric acid groups is 2. The van der Waals surface area contributed by atoms with Crippen LogP contribution in [0.15, 0.2) is 0 Å². The van der Waals surface area contributed by atoms with Gasteiger partial charge in [0.25, 0.3) is 0 Å². The second-order valence-electron chi connectivity index (χ2n) is 19.7. The zero-order valence-electron chi connectivity index (χ0n) is 41.2. The molecule has 0 aliphatic carbocycles. The molecule has 0 spiro atoms. The van der Waals surface area contributed by atoms with Crippen LogP contribution in [0, 0.1) is 47.3 Å². The summed E-state index contributed by atoms with van der Waals surface area (Å²) < 4.78 is 57.1. The lowest BCUT2D eigenvalue weighted by molar-refractivity contribution is -0.162. The second kappa shape index (κ2) is 36.3. The van der Waals surface area contributed by atoms with Gasteiger partial charge in [0.1, 0.15) is 6.61 Å². The number of phosphoric ester groups is 2. The lowest BCUT2D eigenvalue weighted by atomic mass is 9.91. The summed E-state index contributed by atoms with van der Waals surface area (Å²) >= 11 is 0. The van der Waals surface area contributed by atoms with E-state index in [0.29, 0.717) is 11.8 Å². The summed E-state index contributed by atoms with van der Waals surface area (Å²) in [7, 11) is -9.69. The van der Waals surface area contributed by atoms with Crippen molar-refractivity contribution in [2.45, 2.75) is 204 Å². The van der Waals surface area contributed by atoms with E-state index in [4.69, 9.17) is 38.8 Å². The third kappa shape index (κ3) is 36.4. The Morgan fingerprint density at radius 1 is 0.484 bits per heavy atom. The minimum atomic E-state index is -4.92. The van der Waals surface area contributed by atoms with E-state index in [1.54, 1.807) is 0 Å². The lowest BCUT2D eigenvalue weighted by Crippen LogP contribution is -2.30. The number of hydrogen-bond donors (Lipinski definition) is 3. The summed E-state index contributed by atoms with van der Waals surface area (Å²) in [5.41, 5.74) is 10.9. The van der Waals surface area contributed by atoms with Crippen molar-refractivity contribution >= 4 is 27.6 Å². The molecule has 0 aromatic rings. The molecule has 0 saturated carbocycles. The van der Waals surface area contributed by atoms with Gasteiger partial charge in [-0.2, -0.15) is 4.31 Å². The van der Waals surface area contributed by atoms with Crippen LogP contribution in [-0.4, -0.2) is 62.5 Å². The maximum Gasteiger partial charge on any atom is 0.483 e. The number of carbonyl (C=O) groups excluding carboxylic acids is 2. The first-order valence-corrected chi connectivity index (χ1v) is 27.5. The van der Waals surface area contributed by atoms with Gasteiger partial charge in [-0.25, -0.2) is 9.13 Å². The lowest BCUT2D eigenvalue weighted by Gasteiger charge is -2.23. The van der Waals surface area contributed by atoms with E-state index in [1.165, 1.54) is 77.0 Å². The first-order valence-electron chi connectivity index (χ1n) is 24.5. The number of rotatable bonds is 42. The molecule has 0 radical (unpaired) electrons. The summed E-state index contributed by atoms with van der Waals surface area (Å²) in [6.45, 7) is 20.6. The molecule has 0 heterocycles. The van der Waals surface area contributed by atoms with Gasteiger partial charge < -0.3 is 25.8 Å². The van der Waals surface area contributed by atoms with E-state index in [0.717, 1.165) is 62.2 Å². The molecule has 15 heteroatoms. The van der Waals surface area contributed by atoms with E-state index in [9.17, 15) is 23.6 Å². The van der Waals surface area contributed by atoms with Crippen LogP contribution in [-0.2, 0) is 46.1 Å². The first kappa shape index (κ1) is 61.1. The van der Waals surface area contributed by atoms with Crippen molar-refractivity contribution in [3.8, 4) is 0 Å². The van der Waals surface area contributed by atoms with Crippen LogP contribution in [0.25, 0.3) is 0 Å². The Balaban J connectivity index is 5.19. The molecule has 9 atom stereocenters. The molecule has 0 aliphatic heterocycles. The SMILES string of the molecule is CC(C)CCCC(C)CCCC(C)CCCC(C)CC(=O)OC[C@H](COP(=O)(OCCN)OP(=O)(O)OCCN)OC(=O)CC(C)CCCC(C)CCCC(C)CCCC(C)C. The molecule has 13 nitrogen and oxygen atoms in total. The van der Waals surface area contributed by atoms with Gasteiger partial charge in [-0.1, -0.05) is 185 Å². The summed E-state index contributed by atoms with van der Waals surface area (Å²) in [4.78, 5) is 36.3. The van der Waals surface area contributed by atoms with Crippen molar-refractivity contribution in [3.63, 3.8) is 0 Å². The maximum atomic E-state index is 13.4. The van der Waals surface area contributed by atoms with Crippen LogP contribution in [0.3, 0.4) is 0 Å². The molecule has 0 aromatic heterocycles. The van der Waals surface area contributed by atoms with Crippen molar-refractivity contribution in [2.24, 2.45) is 58.8 Å². The van der Waals surface area contributed by atoms with Crippen molar-refractivity contribution in [3.05, 3.63) is 0 Å². The second-order valence-corrected chi connectivity index (χ2v) is 23.0. The highest BCUT2D eigenvalue weighted by molar-refractivity contribution is 7.61. The Hall–Kier alpha value is -0.880. The predicted molar refractivity (Wildman–Crippen MR) is 252 cm³/mol. The van der Waals surface area contributed by atoms with Gasteiger partial charge >= 0.3 is 27.6 Å². The predicted octanol–water partition coefficient (Wildman–Crippen LogP) is 12.6. The highest BCUT2D eigenvalue weighted by Gasteiger charge is 2.39. The van der Waals surface area contributed by atoms with Gasteiger partial charge in [-0.3, -0.25) is 23.2 Å². The van der Waals surface area contributed by atoms with Crippen molar-refractivity contribution in [2.75, 3.05) is 39.5 Å². The molecule has 370 valence electrons. The Morgan fingerprint density at radius 2 is 0.839 bits per heavy atom. The number of ether oxygens (including phenoxy) is 2. The van der Waals surface area contributed by atoms with Crippen molar-refractivity contribution in [1.82, 2.24) is 0 Å². The van der Waals surface area contributed by atoms with Gasteiger partial charge in [-0.05, 0) is 47.3 Å².